The number of amides is 1. The van der Waals surface area contributed by atoms with Gasteiger partial charge in [0, 0.05) is 12.7 Å². The lowest BCUT2D eigenvalue weighted by molar-refractivity contribution is 0.0946. The number of nitrogens with zero attached hydrogens (tertiary/aromatic N) is 1. The second kappa shape index (κ2) is 3.53. The molecule has 1 heterocycles. The minimum absolute atomic E-state index is 0.0735. The van der Waals surface area contributed by atoms with Gasteiger partial charge in [-0.05, 0) is 30.4 Å². The van der Waals surface area contributed by atoms with Crippen LogP contribution in [0, 0.1) is 5.41 Å². The first-order chi connectivity index (χ1) is 7.09. The van der Waals surface area contributed by atoms with E-state index < -0.39 is 0 Å². The van der Waals surface area contributed by atoms with Crippen LogP contribution in [0.4, 0.5) is 5.82 Å². The van der Waals surface area contributed by atoms with E-state index in [9.17, 15) is 4.79 Å². The molecule has 1 fully saturated rings. The second-order valence-electron chi connectivity index (χ2n) is 4.47. The Hall–Kier alpha value is -1.58. The lowest BCUT2D eigenvalue weighted by atomic mass is 10.1. The van der Waals surface area contributed by atoms with Gasteiger partial charge in [0.2, 0.25) is 0 Å². The molecule has 0 atom stereocenters. The van der Waals surface area contributed by atoms with Crippen LogP contribution in [0.15, 0.2) is 18.3 Å². The van der Waals surface area contributed by atoms with Gasteiger partial charge in [-0.1, -0.05) is 6.92 Å². The molecule has 0 bridgehead atoms. The van der Waals surface area contributed by atoms with Crippen molar-refractivity contribution in [2.24, 2.45) is 5.41 Å². The highest BCUT2D eigenvalue weighted by molar-refractivity contribution is 5.94. The Balaban J connectivity index is 1.92. The van der Waals surface area contributed by atoms with Gasteiger partial charge in [0.25, 0.3) is 5.91 Å². The van der Waals surface area contributed by atoms with Crippen LogP contribution in [0.1, 0.15) is 30.1 Å². The van der Waals surface area contributed by atoms with Crippen molar-refractivity contribution >= 4 is 11.7 Å². The molecular formula is C11H15N3O. The number of nitrogens with two attached hydrogens (primary N) is 1. The molecule has 1 aromatic rings. The summed E-state index contributed by atoms with van der Waals surface area (Å²) in [7, 11) is 0. The molecule has 0 spiro atoms. The van der Waals surface area contributed by atoms with Crippen LogP contribution in [0.2, 0.25) is 0 Å². The largest absolute Gasteiger partial charge is 0.384 e. The van der Waals surface area contributed by atoms with Crippen molar-refractivity contribution < 1.29 is 4.79 Å². The molecule has 4 heteroatoms. The molecule has 3 N–H and O–H groups in total. The zero-order valence-corrected chi connectivity index (χ0v) is 8.79. The molecule has 0 radical (unpaired) electrons. The van der Waals surface area contributed by atoms with Crippen molar-refractivity contribution in [3.05, 3.63) is 23.9 Å². The van der Waals surface area contributed by atoms with Crippen LogP contribution in [-0.4, -0.2) is 17.4 Å². The Morgan fingerprint density at radius 3 is 2.87 bits per heavy atom. The van der Waals surface area contributed by atoms with Gasteiger partial charge in [-0.3, -0.25) is 4.79 Å². The molecular weight excluding hydrogens is 190 g/mol. The number of pyridine rings is 1. The Morgan fingerprint density at radius 2 is 2.33 bits per heavy atom. The minimum atomic E-state index is -0.0735. The van der Waals surface area contributed by atoms with E-state index in [4.69, 9.17) is 5.73 Å². The van der Waals surface area contributed by atoms with E-state index >= 15 is 0 Å². The summed E-state index contributed by atoms with van der Waals surface area (Å²) >= 11 is 0. The third-order valence-corrected chi connectivity index (χ3v) is 2.83. The van der Waals surface area contributed by atoms with Crippen LogP contribution in [0.3, 0.4) is 0 Å². The van der Waals surface area contributed by atoms with Crippen LogP contribution >= 0.6 is 0 Å². The number of hydrogen-bond donors (Lipinski definition) is 2. The highest BCUT2D eigenvalue weighted by Gasteiger charge is 2.37. The predicted molar refractivity (Wildman–Crippen MR) is 58.3 cm³/mol. The minimum Gasteiger partial charge on any atom is -0.384 e. The maximum Gasteiger partial charge on any atom is 0.252 e. The average Bonchev–Trinajstić information content (AvgIpc) is 2.95. The molecule has 0 unspecified atom stereocenters. The average molecular weight is 205 g/mol. The molecule has 1 saturated carbocycles. The topological polar surface area (TPSA) is 68.0 Å². The summed E-state index contributed by atoms with van der Waals surface area (Å²) in [5, 5.41) is 2.90. The number of carbonyl (C=O) groups is 1. The zero-order valence-electron chi connectivity index (χ0n) is 8.79. The van der Waals surface area contributed by atoms with Gasteiger partial charge in [-0.15, -0.1) is 0 Å². The number of nitrogen functional groups attached to an aromatic ring is 1. The third kappa shape index (κ3) is 2.46. The quantitative estimate of drug-likeness (QED) is 0.779. The number of hydrogen-bond acceptors (Lipinski definition) is 3. The molecule has 15 heavy (non-hydrogen) atoms. The smallest absolute Gasteiger partial charge is 0.252 e. The Bertz CT molecular complexity index is 368. The Labute approximate surface area is 88.9 Å². The fourth-order valence-corrected chi connectivity index (χ4v) is 1.33. The van der Waals surface area contributed by atoms with Crippen LogP contribution < -0.4 is 11.1 Å². The first-order valence-electron chi connectivity index (χ1n) is 5.09. The Kier molecular flexibility index (Phi) is 2.34. The van der Waals surface area contributed by atoms with Crippen LogP contribution in [0.5, 0.6) is 0 Å². The summed E-state index contributed by atoms with van der Waals surface area (Å²) in [5.74, 6) is 0.358. The number of nitrogens with one attached hydrogen (secondary N) is 1. The highest BCUT2D eigenvalue weighted by atomic mass is 16.1. The Morgan fingerprint density at radius 1 is 1.60 bits per heavy atom. The van der Waals surface area contributed by atoms with Gasteiger partial charge in [0.15, 0.2) is 0 Å². The molecule has 0 aliphatic heterocycles. The van der Waals surface area contributed by atoms with Crippen LogP contribution in [-0.2, 0) is 0 Å². The van der Waals surface area contributed by atoms with Crippen LogP contribution in [0.25, 0.3) is 0 Å². The normalized spacial score (nSPS) is 17.1. The summed E-state index contributed by atoms with van der Waals surface area (Å²) in [4.78, 5) is 15.5. The molecule has 1 aromatic heterocycles. The maximum atomic E-state index is 11.6. The SMILES string of the molecule is CC1(CNC(=O)c2ccc(N)nc2)CC1. The monoisotopic (exact) mass is 205 g/mol. The number of aromatic nitrogens is 1. The molecule has 0 aromatic carbocycles. The van der Waals surface area contributed by atoms with Gasteiger partial charge in [-0.25, -0.2) is 4.98 Å². The fourth-order valence-electron chi connectivity index (χ4n) is 1.33. The molecule has 4 nitrogen and oxygen atoms in total. The van der Waals surface area contributed by atoms with E-state index in [1.54, 1.807) is 12.1 Å². The van der Waals surface area contributed by atoms with E-state index in [-0.39, 0.29) is 5.91 Å². The molecule has 0 saturated heterocycles. The summed E-state index contributed by atoms with van der Waals surface area (Å²) in [6.45, 7) is 2.92. The standard InChI is InChI=1S/C11H15N3O/c1-11(4-5-11)7-14-10(15)8-2-3-9(12)13-6-8/h2-3,6H,4-5,7H2,1H3,(H2,12,13)(H,14,15). The maximum absolute atomic E-state index is 11.6. The zero-order chi connectivity index (χ0) is 10.9. The van der Waals surface area contributed by atoms with E-state index in [1.807, 2.05) is 0 Å². The van der Waals surface area contributed by atoms with E-state index in [2.05, 4.69) is 17.2 Å². The second-order valence-corrected chi connectivity index (χ2v) is 4.47. The molecule has 1 aliphatic rings. The van der Waals surface area contributed by atoms with E-state index in [0.29, 0.717) is 16.8 Å². The van der Waals surface area contributed by atoms with Crippen molar-refractivity contribution in [1.29, 1.82) is 0 Å². The van der Waals surface area contributed by atoms with Gasteiger partial charge >= 0.3 is 0 Å². The third-order valence-electron chi connectivity index (χ3n) is 2.83. The van der Waals surface area contributed by atoms with Crippen molar-refractivity contribution in [3.8, 4) is 0 Å². The van der Waals surface area contributed by atoms with E-state index in [0.717, 1.165) is 6.54 Å². The van der Waals surface area contributed by atoms with Gasteiger partial charge in [0.05, 0.1) is 5.56 Å². The first kappa shape index (κ1) is 9.96. The molecule has 1 amide bonds. The molecule has 80 valence electrons. The lowest BCUT2D eigenvalue weighted by Gasteiger charge is -2.09. The number of rotatable bonds is 3. The van der Waals surface area contributed by atoms with Gasteiger partial charge in [0.1, 0.15) is 5.82 Å². The van der Waals surface area contributed by atoms with E-state index in [1.165, 1.54) is 19.0 Å². The lowest BCUT2D eigenvalue weighted by Crippen LogP contribution is -2.29. The van der Waals surface area contributed by atoms with Gasteiger partial charge in [-0.2, -0.15) is 0 Å². The number of anilines is 1. The fraction of sp³-hybridized carbons (Fsp3) is 0.455. The highest BCUT2D eigenvalue weighted by Crippen LogP contribution is 2.44. The summed E-state index contributed by atoms with van der Waals surface area (Å²) < 4.78 is 0. The summed E-state index contributed by atoms with van der Waals surface area (Å²) in [6, 6.07) is 3.32. The summed E-state index contributed by atoms with van der Waals surface area (Å²) in [5.41, 5.74) is 6.33. The molecule has 2 rings (SSSR count). The number of carbonyl (C=O) groups excluding carboxylic acids is 1. The predicted octanol–water partition coefficient (Wildman–Crippen LogP) is 1.19. The van der Waals surface area contributed by atoms with Gasteiger partial charge < -0.3 is 11.1 Å². The van der Waals surface area contributed by atoms with Crippen molar-refractivity contribution in [1.82, 2.24) is 10.3 Å². The summed E-state index contributed by atoms with van der Waals surface area (Å²) in [6.07, 6.45) is 3.90. The van der Waals surface area contributed by atoms with Crippen molar-refractivity contribution in [2.45, 2.75) is 19.8 Å². The van der Waals surface area contributed by atoms with Crippen molar-refractivity contribution in [2.75, 3.05) is 12.3 Å². The van der Waals surface area contributed by atoms with Crippen molar-refractivity contribution in [3.63, 3.8) is 0 Å². The first-order valence-corrected chi connectivity index (χ1v) is 5.09. The molecule has 1 aliphatic carbocycles.